The van der Waals surface area contributed by atoms with E-state index in [4.69, 9.17) is 19.4 Å². The molecule has 11 rings (SSSR count). The molecule has 0 saturated heterocycles. The van der Waals surface area contributed by atoms with Crippen LogP contribution in [0.4, 0.5) is 0 Å². The number of hydrogen-bond donors (Lipinski definition) is 0. The number of rotatable bonds is 6. The molecule has 0 saturated carbocycles. The van der Waals surface area contributed by atoms with Gasteiger partial charge in [0.2, 0.25) is 5.95 Å². The molecule has 0 N–H and O–H groups in total. The smallest absolute Gasteiger partial charge is 0.238 e. The molecule has 0 aliphatic heterocycles. The molecular formula is C51H32N4O. The molecule has 0 amide bonds. The lowest BCUT2D eigenvalue weighted by Crippen LogP contribution is -2.06. The molecule has 5 heteroatoms. The van der Waals surface area contributed by atoms with Crippen LogP contribution >= 0.6 is 0 Å². The highest BCUT2D eigenvalue weighted by Crippen LogP contribution is 2.39. The topological polar surface area (TPSA) is 56.7 Å². The predicted molar refractivity (Wildman–Crippen MR) is 229 cm³/mol. The van der Waals surface area contributed by atoms with Crippen LogP contribution in [0.2, 0.25) is 0 Å². The maximum absolute atomic E-state index is 6.28. The van der Waals surface area contributed by atoms with Crippen LogP contribution in [0.1, 0.15) is 0 Å². The van der Waals surface area contributed by atoms with Crippen molar-refractivity contribution in [2.45, 2.75) is 0 Å². The summed E-state index contributed by atoms with van der Waals surface area (Å²) in [5, 5.41) is 4.25. The van der Waals surface area contributed by atoms with Crippen molar-refractivity contribution in [3.05, 3.63) is 194 Å². The molecule has 0 atom stereocenters. The zero-order valence-electron chi connectivity index (χ0n) is 30.2. The second-order valence-electron chi connectivity index (χ2n) is 14.0. The van der Waals surface area contributed by atoms with Crippen molar-refractivity contribution in [1.29, 1.82) is 0 Å². The van der Waals surface area contributed by atoms with Gasteiger partial charge in [-0.25, -0.2) is 4.98 Å². The van der Waals surface area contributed by atoms with Crippen LogP contribution < -0.4 is 0 Å². The van der Waals surface area contributed by atoms with Gasteiger partial charge in [-0.2, -0.15) is 9.97 Å². The van der Waals surface area contributed by atoms with E-state index >= 15 is 0 Å². The Kier molecular flexibility index (Phi) is 7.42. The lowest BCUT2D eigenvalue weighted by Gasteiger charge is -2.13. The van der Waals surface area contributed by atoms with Crippen molar-refractivity contribution in [2.24, 2.45) is 0 Å². The Labute approximate surface area is 322 Å². The van der Waals surface area contributed by atoms with Crippen LogP contribution in [-0.4, -0.2) is 19.5 Å². The minimum absolute atomic E-state index is 0.551. The van der Waals surface area contributed by atoms with Gasteiger partial charge in [-0.05, 0) is 81.9 Å². The zero-order chi connectivity index (χ0) is 37.0. The van der Waals surface area contributed by atoms with Crippen LogP contribution in [0.5, 0.6) is 0 Å². The standard InChI is InChI=1S/C51H32N4O/c1-4-15-33(16-5-1)37-29-38(34-17-6-2-7-18-34)31-39(30-37)36-27-28-45-43(32-36)40-21-10-12-24-44(40)55(45)51-53-49(35-19-8-3-9-20-35)52-50(54-51)42-23-14-26-47-48(42)41-22-11-13-25-46(41)56-47/h1-32H. The average Bonchev–Trinajstić information content (AvgIpc) is 3.83. The number of fused-ring (bicyclic) bond motifs is 6. The van der Waals surface area contributed by atoms with E-state index in [1.54, 1.807) is 0 Å². The molecule has 0 radical (unpaired) electrons. The van der Waals surface area contributed by atoms with Crippen molar-refractivity contribution >= 4 is 43.7 Å². The molecule has 0 aliphatic carbocycles. The molecule has 5 nitrogen and oxygen atoms in total. The molecule has 0 fully saturated rings. The van der Waals surface area contributed by atoms with E-state index < -0.39 is 0 Å². The summed E-state index contributed by atoms with van der Waals surface area (Å²) < 4.78 is 8.46. The highest BCUT2D eigenvalue weighted by molar-refractivity contribution is 6.12. The van der Waals surface area contributed by atoms with Gasteiger partial charge in [-0.1, -0.05) is 146 Å². The summed E-state index contributed by atoms with van der Waals surface area (Å²) in [6.45, 7) is 0. The molecular weight excluding hydrogens is 685 g/mol. The molecule has 56 heavy (non-hydrogen) atoms. The summed E-state index contributed by atoms with van der Waals surface area (Å²) in [6.07, 6.45) is 0. The van der Waals surface area contributed by atoms with Gasteiger partial charge < -0.3 is 4.42 Å². The van der Waals surface area contributed by atoms with Crippen molar-refractivity contribution in [1.82, 2.24) is 19.5 Å². The van der Waals surface area contributed by atoms with E-state index in [-0.39, 0.29) is 0 Å². The largest absolute Gasteiger partial charge is 0.456 e. The minimum Gasteiger partial charge on any atom is -0.456 e. The first-order valence-corrected chi connectivity index (χ1v) is 18.8. The number of para-hydroxylation sites is 2. The van der Waals surface area contributed by atoms with Gasteiger partial charge in [-0.15, -0.1) is 0 Å². The molecule has 0 unspecified atom stereocenters. The van der Waals surface area contributed by atoms with E-state index in [0.717, 1.165) is 66.0 Å². The number of furan rings is 1. The molecule has 0 bridgehead atoms. The van der Waals surface area contributed by atoms with Crippen LogP contribution in [0.25, 0.3) is 106 Å². The summed E-state index contributed by atoms with van der Waals surface area (Å²) in [4.78, 5) is 15.6. The third kappa shape index (κ3) is 5.37. The fourth-order valence-corrected chi connectivity index (χ4v) is 8.02. The summed E-state index contributed by atoms with van der Waals surface area (Å²) in [5.41, 5.74) is 12.5. The van der Waals surface area contributed by atoms with Crippen LogP contribution in [0.3, 0.4) is 0 Å². The predicted octanol–water partition coefficient (Wildman–Crippen LogP) is 13.2. The maximum atomic E-state index is 6.28. The Hall–Kier alpha value is -7.63. The van der Waals surface area contributed by atoms with Gasteiger partial charge in [0.1, 0.15) is 11.2 Å². The molecule has 262 valence electrons. The SMILES string of the molecule is c1ccc(-c2cc(-c3ccccc3)cc(-c3ccc4c(c3)c3ccccc3n4-c3nc(-c4ccccc4)nc(-c4cccc5oc6ccccc6c45)n3)c2)cc1. The Bertz CT molecular complexity index is 3180. The Morgan fingerprint density at radius 1 is 0.339 bits per heavy atom. The summed E-state index contributed by atoms with van der Waals surface area (Å²) in [7, 11) is 0. The molecule has 0 aliphatic rings. The third-order valence-corrected chi connectivity index (χ3v) is 10.7. The zero-order valence-corrected chi connectivity index (χ0v) is 30.2. The second-order valence-corrected chi connectivity index (χ2v) is 14.0. The van der Waals surface area contributed by atoms with Gasteiger partial charge in [0.05, 0.1) is 11.0 Å². The summed E-state index contributed by atoms with van der Waals surface area (Å²) in [6, 6.07) is 67.7. The highest BCUT2D eigenvalue weighted by atomic mass is 16.3. The maximum Gasteiger partial charge on any atom is 0.238 e. The van der Waals surface area contributed by atoms with Crippen molar-refractivity contribution < 1.29 is 4.42 Å². The Morgan fingerprint density at radius 3 is 1.61 bits per heavy atom. The fourth-order valence-electron chi connectivity index (χ4n) is 8.02. The minimum atomic E-state index is 0.551. The molecule has 8 aromatic carbocycles. The highest BCUT2D eigenvalue weighted by Gasteiger charge is 2.21. The van der Waals surface area contributed by atoms with E-state index in [1.165, 1.54) is 22.3 Å². The van der Waals surface area contributed by atoms with Gasteiger partial charge in [0.15, 0.2) is 11.6 Å². The van der Waals surface area contributed by atoms with Crippen molar-refractivity contribution in [3.63, 3.8) is 0 Å². The molecule has 11 aromatic rings. The van der Waals surface area contributed by atoms with Gasteiger partial charge in [-0.3, -0.25) is 4.57 Å². The van der Waals surface area contributed by atoms with E-state index in [0.29, 0.717) is 17.6 Å². The van der Waals surface area contributed by atoms with Crippen LogP contribution in [0, 0.1) is 0 Å². The lowest BCUT2D eigenvalue weighted by molar-refractivity contribution is 0.669. The Morgan fingerprint density at radius 2 is 0.893 bits per heavy atom. The van der Waals surface area contributed by atoms with Gasteiger partial charge in [0.25, 0.3) is 0 Å². The summed E-state index contributed by atoms with van der Waals surface area (Å²) in [5.74, 6) is 1.74. The summed E-state index contributed by atoms with van der Waals surface area (Å²) >= 11 is 0. The quantitative estimate of drug-likeness (QED) is 0.172. The number of nitrogens with zero attached hydrogens (tertiary/aromatic N) is 4. The number of benzene rings is 8. The lowest BCUT2D eigenvalue weighted by atomic mass is 9.93. The molecule has 3 heterocycles. The fraction of sp³-hybridized carbons (Fsp3) is 0. The molecule has 3 aromatic heterocycles. The first-order chi connectivity index (χ1) is 27.7. The van der Waals surface area contributed by atoms with Crippen LogP contribution in [0.15, 0.2) is 199 Å². The average molecular weight is 717 g/mol. The van der Waals surface area contributed by atoms with E-state index in [1.807, 2.05) is 60.7 Å². The number of hydrogen-bond acceptors (Lipinski definition) is 4. The van der Waals surface area contributed by atoms with Gasteiger partial charge in [0, 0.05) is 32.7 Å². The third-order valence-electron chi connectivity index (χ3n) is 10.7. The van der Waals surface area contributed by atoms with E-state index in [2.05, 4.69) is 138 Å². The first kappa shape index (κ1) is 31.9. The van der Waals surface area contributed by atoms with Crippen molar-refractivity contribution in [2.75, 3.05) is 0 Å². The van der Waals surface area contributed by atoms with Crippen molar-refractivity contribution in [3.8, 4) is 62.1 Å². The van der Waals surface area contributed by atoms with E-state index in [9.17, 15) is 0 Å². The second kappa shape index (κ2) is 13.0. The Balaban J connectivity index is 1.14. The normalized spacial score (nSPS) is 11.6. The van der Waals surface area contributed by atoms with Crippen LogP contribution in [-0.2, 0) is 0 Å². The number of aromatic nitrogens is 4. The molecule has 0 spiro atoms. The monoisotopic (exact) mass is 716 g/mol. The van der Waals surface area contributed by atoms with Gasteiger partial charge >= 0.3 is 0 Å². The first-order valence-electron chi connectivity index (χ1n) is 18.8.